The van der Waals surface area contributed by atoms with Crippen LogP contribution in [-0.2, 0) is 32.6 Å². The summed E-state index contributed by atoms with van der Waals surface area (Å²) < 4.78 is 38.0. The molecule has 0 saturated carbocycles. The Morgan fingerprint density at radius 1 is 0.932 bits per heavy atom. The number of carbonyl (C=O) groups excluding carboxylic acids is 2. The first-order valence-corrected chi connectivity index (χ1v) is 16.6. The van der Waals surface area contributed by atoms with E-state index in [-0.39, 0.29) is 37.7 Å². The molecule has 3 aromatic rings. The molecule has 0 aliphatic rings. The lowest BCUT2D eigenvalue weighted by Crippen LogP contribution is -2.54. The monoisotopic (exact) mass is 623 g/mol. The fraction of sp³-hybridized carbons (Fsp3) is 0.412. The Kier molecular flexibility index (Phi) is 12.2. The summed E-state index contributed by atoms with van der Waals surface area (Å²) in [6, 6.07) is 23.1. The van der Waals surface area contributed by atoms with Gasteiger partial charge in [0.05, 0.1) is 25.7 Å². The second kappa shape index (κ2) is 15.6. The highest BCUT2D eigenvalue weighted by molar-refractivity contribution is 7.92. The Morgan fingerprint density at radius 2 is 1.59 bits per heavy atom. The fourth-order valence-electron chi connectivity index (χ4n) is 4.90. The zero-order valence-corrected chi connectivity index (χ0v) is 27.4. The fourth-order valence-corrected chi connectivity index (χ4v) is 5.87. The number of nitrogens with zero attached hydrogens (tertiary/aromatic N) is 2. The first-order chi connectivity index (χ1) is 20.8. The van der Waals surface area contributed by atoms with Crippen molar-refractivity contribution in [3.8, 4) is 11.5 Å². The summed E-state index contributed by atoms with van der Waals surface area (Å²) in [6.07, 6.45) is 1.72. The van der Waals surface area contributed by atoms with E-state index in [1.54, 1.807) is 36.3 Å². The van der Waals surface area contributed by atoms with Crippen LogP contribution in [0.2, 0.25) is 0 Å². The van der Waals surface area contributed by atoms with Gasteiger partial charge in [-0.25, -0.2) is 8.42 Å². The van der Waals surface area contributed by atoms with Crippen LogP contribution in [0.5, 0.6) is 11.5 Å². The minimum Gasteiger partial charge on any atom is -0.497 e. The van der Waals surface area contributed by atoms with Gasteiger partial charge in [0.25, 0.3) is 0 Å². The summed E-state index contributed by atoms with van der Waals surface area (Å²) in [5.41, 5.74) is 1.63. The van der Waals surface area contributed by atoms with Crippen molar-refractivity contribution in [2.24, 2.45) is 0 Å². The highest BCUT2D eigenvalue weighted by Crippen LogP contribution is 2.30. The Balaban J connectivity index is 1.93. The van der Waals surface area contributed by atoms with E-state index in [9.17, 15) is 18.0 Å². The summed E-state index contributed by atoms with van der Waals surface area (Å²) in [5, 5.41) is 3.06. The molecule has 0 aromatic heterocycles. The lowest BCUT2D eigenvalue weighted by molar-refractivity contribution is -0.142. The number of rotatable bonds is 15. The van der Waals surface area contributed by atoms with Crippen molar-refractivity contribution in [3.63, 3.8) is 0 Å². The van der Waals surface area contributed by atoms with Gasteiger partial charge in [-0.05, 0) is 69.5 Å². The van der Waals surface area contributed by atoms with Gasteiger partial charge in [-0.1, -0.05) is 54.6 Å². The smallest absolute Gasteiger partial charge is 0.243 e. The molecule has 10 heteroatoms. The van der Waals surface area contributed by atoms with Crippen LogP contribution in [-0.4, -0.2) is 63.2 Å². The predicted molar refractivity (Wildman–Crippen MR) is 174 cm³/mol. The summed E-state index contributed by atoms with van der Waals surface area (Å²) in [7, 11) is -2.10. The van der Waals surface area contributed by atoms with Gasteiger partial charge in [-0.3, -0.25) is 13.9 Å². The molecular weight excluding hydrogens is 578 g/mol. The zero-order valence-electron chi connectivity index (χ0n) is 26.6. The highest BCUT2D eigenvalue weighted by Gasteiger charge is 2.32. The molecule has 0 aliphatic carbocycles. The van der Waals surface area contributed by atoms with Crippen LogP contribution in [0.1, 0.15) is 51.7 Å². The van der Waals surface area contributed by atoms with Crippen LogP contribution >= 0.6 is 0 Å². The standard InChI is InChI=1S/C34H45N3O6S/c1-7-43-31-20-12-11-19-29(31)37(44(6,40)41)22-14-21-32(38)36(25-27-17-13-18-28(23-27)42-5)30(33(39)35-34(2,3)4)24-26-15-9-8-10-16-26/h8-13,15-20,23,30H,7,14,21-22,24-25H2,1-6H3,(H,35,39)/t30-/m1/s1. The van der Waals surface area contributed by atoms with Gasteiger partial charge >= 0.3 is 0 Å². The third-order valence-electron chi connectivity index (χ3n) is 6.84. The topological polar surface area (TPSA) is 105 Å². The average Bonchev–Trinajstić information content (AvgIpc) is 2.97. The van der Waals surface area contributed by atoms with Crippen LogP contribution in [0.15, 0.2) is 78.9 Å². The molecule has 0 saturated heterocycles. The van der Waals surface area contributed by atoms with E-state index >= 15 is 0 Å². The normalized spacial score (nSPS) is 12.2. The number of sulfonamides is 1. The van der Waals surface area contributed by atoms with Crippen molar-refractivity contribution in [2.75, 3.05) is 30.8 Å². The number of amides is 2. The van der Waals surface area contributed by atoms with E-state index < -0.39 is 21.6 Å². The molecule has 2 amide bonds. The third kappa shape index (κ3) is 10.3. The first-order valence-electron chi connectivity index (χ1n) is 14.8. The molecule has 9 nitrogen and oxygen atoms in total. The van der Waals surface area contributed by atoms with Gasteiger partial charge in [-0.2, -0.15) is 0 Å². The van der Waals surface area contributed by atoms with E-state index in [1.807, 2.05) is 82.3 Å². The average molecular weight is 624 g/mol. The number of nitrogens with one attached hydrogen (secondary N) is 1. The highest BCUT2D eigenvalue weighted by atomic mass is 32.2. The number of para-hydroxylation sites is 2. The van der Waals surface area contributed by atoms with Crippen molar-refractivity contribution < 1.29 is 27.5 Å². The van der Waals surface area contributed by atoms with E-state index in [1.165, 1.54) is 4.31 Å². The van der Waals surface area contributed by atoms with Gasteiger partial charge < -0.3 is 19.7 Å². The van der Waals surface area contributed by atoms with Crippen molar-refractivity contribution in [2.45, 2.75) is 65.1 Å². The first kappa shape index (κ1) is 34.4. The Hall–Kier alpha value is -4.05. The summed E-state index contributed by atoms with van der Waals surface area (Å²) in [5.74, 6) is 0.573. The minimum absolute atomic E-state index is 0.0286. The molecule has 0 aliphatic heterocycles. The van der Waals surface area contributed by atoms with Crippen LogP contribution < -0.4 is 19.1 Å². The summed E-state index contributed by atoms with van der Waals surface area (Å²) in [4.78, 5) is 29.5. The minimum atomic E-state index is -3.67. The largest absolute Gasteiger partial charge is 0.497 e. The molecule has 0 unspecified atom stereocenters. The van der Waals surface area contributed by atoms with Gasteiger partial charge in [0, 0.05) is 31.5 Å². The van der Waals surface area contributed by atoms with Crippen LogP contribution in [0.4, 0.5) is 5.69 Å². The number of benzene rings is 3. The molecule has 0 bridgehead atoms. The van der Waals surface area contributed by atoms with Gasteiger partial charge in [0.2, 0.25) is 21.8 Å². The van der Waals surface area contributed by atoms with Crippen LogP contribution in [0, 0.1) is 0 Å². The quantitative estimate of drug-likeness (QED) is 0.250. The summed E-state index contributed by atoms with van der Waals surface area (Å²) >= 11 is 0. The van der Waals surface area contributed by atoms with E-state index in [0.29, 0.717) is 30.2 Å². The van der Waals surface area contributed by atoms with Gasteiger partial charge in [-0.15, -0.1) is 0 Å². The third-order valence-corrected chi connectivity index (χ3v) is 8.02. The Bertz CT molecular complexity index is 1490. The maximum Gasteiger partial charge on any atom is 0.243 e. The number of ether oxygens (including phenoxy) is 2. The molecule has 1 atom stereocenters. The van der Waals surface area contributed by atoms with Crippen LogP contribution in [0.3, 0.4) is 0 Å². The molecule has 44 heavy (non-hydrogen) atoms. The van der Waals surface area contributed by atoms with Crippen LogP contribution in [0.25, 0.3) is 0 Å². The van der Waals surface area contributed by atoms with Gasteiger partial charge in [0.15, 0.2) is 0 Å². The Labute approximate surface area is 262 Å². The second-order valence-corrected chi connectivity index (χ2v) is 13.6. The lowest BCUT2D eigenvalue weighted by atomic mass is 10.00. The Morgan fingerprint density at radius 3 is 2.23 bits per heavy atom. The SMILES string of the molecule is CCOc1ccccc1N(CCCC(=O)N(Cc1cccc(OC)c1)[C@H](Cc1ccccc1)C(=O)NC(C)(C)C)S(C)(=O)=O. The van der Waals surface area contributed by atoms with Crippen molar-refractivity contribution in [3.05, 3.63) is 90.0 Å². The molecule has 1 N–H and O–H groups in total. The molecule has 0 fully saturated rings. The zero-order chi connectivity index (χ0) is 32.3. The number of hydrogen-bond donors (Lipinski definition) is 1. The molecule has 238 valence electrons. The molecule has 0 heterocycles. The van der Waals surface area contributed by atoms with E-state index in [4.69, 9.17) is 9.47 Å². The maximum absolute atomic E-state index is 14.1. The molecule has 0 spiro atoms. The summed E-state index contributed by atoms with van der Waals surface area (Å²) in [6.45, 7) is 8.16. The number of hydrogen-bond acceptors (Lipinski definition) is 6. The van der Waals surface area contributed by atoms with Crippen molar-refractivity contribution in [1.82, 2.24) is 10.2 Å². The second-order valence-electron chi connectivity index (χ2n) is 11.7. The predicted octanol–water partition coefficient (Wildman–Crippen LogP) is 5.19. The maximum atomic E-state index is 14.1. The molecular formula is C34H45N3O6S. The van der Waals surface area contributed by atoms with Crippen molar-refractivity contribution in [1.29, 1.82) is 0 Å². The van der Waals surface area contributed by atoms with Crippen molar-refractivity contribution >= 4 is 27.5 Å². The van der Waals surface area contributed by atoms with Gasteiger partial charge in [0.1, 0.15) is 17.5 Å². The lowest BCUT2D eigenvalue weighted by Gasteiger charge is -2.34. The molecule has 3 aromatic carbocycles. The number of anilines is 1. The van der Waals surface area contributed by atoms with E-state index in [0.717, 1.165) is 17.4 Å². The number of methoxy groups -OCH3 is 1. The molecule has 0 radical (unpaired) electrons. The molecule has 3 rings (SSSR count). The van der Waals surface area contributed by atoms with E-state index in [2.05, 4.69) is 5.32 Å². The number of carbonyl (C=O) groups is 2.